The van der Waals surface area contributed by atoms with Crippen LogP contribution in [0.2, 0.25) is 0 Å². The van der Waals surface area contributed by atoms with Gasteiger partial charge < -0.3 is 10.2 Å². The number of sulfone groups is 1. The van der Waals surface area contributed by atoms with Gasteiger partial charge in [-0.1, -0.05) is 0 Å². The van der Waals surface area contributed by atoms with Gasteiger partial charge in [0.25, 0.3) is 0 Å². The fourth-order valence-corrected chi connectivity index (χ4v) is 4.37. The molecule has 0 spiro atoms. The molecule has 1 aromatic carbocycles. The molecule has 21 heavy (non-hydrogen) atoms. The van der Waals surface area contributed by atoms with E-state index in [9.17, 15) is 13.2 Å². The Hall–Kier alpha value is -1.56. The van der Waals surface area contributed by atoms with E-state index in [0.717, 1.165) is 17.8 Å². The third kappa shape index (κ3) is 4.74. The van der Waals surface area contributed by atoms with E-state index in [1.165, 1.54) is 0 Å². The van der Waals surface area contributed by atoms with Crippen LogP contribution in [0.4, 0.5) is 11.4 Å². The van der Waals surface area contributed by atoms with E-state index in [-0.39, 0.29) is 29.8 Å². The monoisotopic (exact) mass is 310 g/mol. The molecule has 1 saturated heterocycles. The van der Waals surface area contributed by atoms with E-state index >= 15 is 0 Å². The summed E-state index contributed by atoms with van der Waals surface area (Å²) in [6.45, 7) is 0. The van der Waals surface area contributed by atoms with Crippen LogP contribution in [-0.4, -0.2) is 39.9 Å². The second kappa shape index (κ2) is 6.47. The zero-order valence-corrected chi connectivity index (χ0v) is 13.3. The summed E-state index contributed by atoms with van der Waals surface area (Å²) in [6.07, 6.45) is 1.75. The number of benzene rings is 1. The van der Waals surface area contributed by atoms with Gasteiger partial charge in [-0.05, 0) is 43.0 Å². The second-order valence-electron chi connectivity index (χ2n) is 5.82. The molecule has 0 aliphatic carbocycles. The molecule has 0 radical (unpaired) electrons. The van der Waals surface area contributed by atoms with Gasteiger partial charge in [0.2, 0.25) is 5.91 Å². The molecule has 1 aliphatic heterocycles. The summed E-state index contributed by atoms with van der Waals surface area (Å²) in [5.74, 6) is 0.233. The average molecular weight is 310 g/mol. The van der Waals surface area contributed by atoms with E-state index in [1.54, 1.807) is 0 Å². The molecule has 1 aromatic rings. The molecule has 2 rings (SSSR count). The summed E-state index contributed by atoms with van der Waals surface area (Å²) in [5, 5.41) is 2.83. The Morgan fingerprint density at radius 3 is 2.52 bits per heavy atom. The first-order chi connectivity index (χ1) is 9.85. The molecule has 0 bridgehead atoms. The quantitative estimate of drug-likeness (QED) is 0.922. The van der Waals surface area contributed by atoms with Crippen LogP contribution < -0.4 is 10.2 Å². The number of amides is 1. The van der Waals surface area contributed by atoms with Gasteiger partial charge in [0.1, 0.15) is 0 Å². The number of carbonyl (C=O) groups is 1. The van der Waals surface area contributed by atoms with Crippen molar-refractivity contribution in [3.05, 3.63) is 24.3 Å². The minimum absolute atomic E-state index is 0.0511. The van der Waals surface area contributed by atoms with Crippen LogP contribution in [-0.2, 0) is 14.6 Å². The highest BCUT2D eigenvalue weighted by Gasteiger charge is 2.26. The lowest BCUT2D eigenvalue weighted by Crippen LogP contribution is -2.28. The summed E-state index contributed by atoms with van der Waals surface area (Å²) < 4.78 is 23.1. The van der Waals surface area contributed by atoms with Crippen molar-refractivity contribution in [1.82, 2.24) is 0 Å². The van der Waals surface area contributed by atoms with Gasteiger partial charge in [0.15, 0.2) is 9.84 Å². The maximum atomic E-state index is 12.0. The maximum Gasteiger partial charge on any atom is 0.224 e. The van der Waals surface area contributed by atoms with E-state index < -0.39 is 9.84 Å². The molecule has 0 aromatic heterocycles. The maximum absolute atomic E-state index is 12.0. The van der Waals surface area contributed by atoms with Gasteiger partial charge in [-0.25, -0.2) is 8.42 Å². The highest BCUT2D eigenvalue weighted by Crippen LogP contribution is 2.22. The van der Waals surface area contributed by atoms with E-state index in [4.69, 9.17) is 0 Å². The lowest BCUT2D eigenvalue weighted by molar-refractivity contribution is -0.117. The Kier molecular flexibility index (Phi) is 4.88. The standard InChI is InChI=1S/C15H22N2O3S/c1-17(2)14-7-5-13(6-8-14)16-15(18)10-12-4-3-9-21(19,20)11-12/h5-8,12H,3-4,9-11H2,1-2H3,(H,16,18). The molecular weight excluding hydrogens is 288 g/mol. The number of nitrogens with zero attached hydrogens (tertiary/aromatic N) is 1. The van der Waals surface area contributed by atoms with Crippen LogP contribution in [0.25, 0.3) is 0 Å². The number of nitrogens with one attached hydrogen (secondary N) is 1. The van der Waals surface area contributed by atoms with Crippen LogP contribution in [0.15, 0.2) is 24.3 Å². The zero-order chi connectivity index (χ0) is 15.5. The molecule has 116 valence electrons. The summed E-state index contributed by atoms with van der Waals surface area (Å²) in [7, 11) is 0.960. The molecule has 1 atom stereocenters. The number of rotatable bonds is 4. The molecule has 1 fully saturated rings. The molecule has 0 saturated carbocycles. The second-order valence-corrected chi connectivity index (χ2v) is 8.04. The fraction of sp³-hybridized carbons (Fsp3) is 0.533. The predicted molar refractivity (Wildman–Crippen MR) is 85.4 cm³/mol. The highest BCUT2D eigenvalue weighted by atomic mass is 32.2. The minimum Gasteiger partial charge on any atom is -0.378 e. The predicted octanol–water partition coefficient (Wildman–Crippen LogP) is 1.91. The normalized spacial score (nSPS) is 20.8. The highest BCUT2D eigenvalue weighted by molar-refractivity contribution is 7.91. The van der Waals surface area contributed by atoms with Crippen molar-refractivity contribution < 1.29 is 13.2 Å². The van der Waals surface area contributed by atoms with Gasteiger partial charge in [-0.3, -0.25) is 4.79 Å². The van der Waals surface area contributed by atoms with E-state index in [0.29, 0.717) is 6.42 Å². The van der Waals surface area contributed by atoms with Crippen LogP contribution >= 0.6 is 0 Å². The molecule has 1 unspecified atom stereocenters. The largest absolute Gasteiger partial charge is 0.378 e. The Labute approximate surface area is 126 Å². The number of anilines is 2. The number of hydrogen-bond acceptors (Lipinski definition) is 4. The molecule has 6 heteroatoms. The summed E-state index contributed by atoms with van der Waals surface area (Å²) >= 11 is 0. The molecule has 1 amide bonds. The van der Waals surface area contributed by atoms with Gasteiger partial charge in [-0.15, -0.1) is 0 Å². The SMILES string of the molecule is CN(C)c1ccc(NC(=O)CC2CCCS(=O)(=O)C2)cc1. The Bertz CT molecular complexity index is 594. The number of hydrogen-bond donors (Lipinski definition) is 1. The third-order valence-corrected chi connectivity index (χ3v) is 5.59. The average Bonchev–Trinajstić information content (AvgIpc) is 2.37. The number of carbonyl (C=O) groups excluding carboxylic acids is 1. The van der Waals surface area contributed by atoms with Gasteiger partial charge in [0.05, 0.1) is 11.5 Å². The first kappa shape index (κ1) is 15.8. The molecule has 1 aliphatic rings. The summed E-state index contributed by atoms with van der Waals surface area (Å²) in [6, 6.07) is 7.57. The van der Waals surface area contributed by atoms with Gasteiger partial charge in [-0.2, -0.15) is 0 Å². The molecule has 1 heterocycles. The van der Waals surface area contributed by atoms with Crippen molar-refractivity contribution in [3.63, 3.8) is 0 Å². The van der Waals surface area contributed by atoms with E-state index in [2.05, 4.69) is 5.32 Å². The van der Waals surface area contributed by atoms with Gasteiger partial charge >= 0.3 is 0 Å². The van der Waals surface area contributed by atoms with Crippen LogP contribution in [0, 0.1) is 5.92 Å². The van der Waals surface area contributed by atoms with Crippen LogP contribution in [0.5, 0.6) is 0 Å². The molecular formula is C15H22N2O3S. The van der Waals surface area contributed by atoms with Crippen molar-refractivity contribution >= 4 is 27.1 Å². The zero-order valence-electron chi connectivity index (χ0n) is 12.5. The van der Waals surface area contributed by atoms with Crippen molar-refractivity contribution in [1.29, 1.82) is 0 Å². The Balaban J connectivity index is 1.89. The lowest BCUT2D eigenvalue weighted by Gasteiger charge is -2.21. The van der Waals surface area contributed by atoms with Crippen LogP contribution in [0.1, 0.15) is 19.3 Å². The van der Waals surface area contributed by atoms with Crippen molar-refractivity contribution in [3.8, 4) is 0 Å². The summed E-state index contributed by atoms with van der Waals surface area (Å²) in [4.78, 5) is 14.0. The molecule has 1 N–H and O–H groups in total. The van der Waals surface area contributed by atoms with Crippen molar-refractivity contribution in [2.75, 3.05) is 35.8 Å². The topological polar surface area (TPSA) is 66.5 Å². The van der Waals surface area contributed by atoms with Crippen molar-refractivity contribution in [2.45, 2.75) is 19.3 Å². The fourth-order valence-electron chi connectivity index (χ4n) is 2.60. The Morgan fingerprint density at radius 2 is 1.95 bits per heavy atom. The summed E-state index contributed by atoms with van der Waals surface area (Å²) in [5.41, 5.74) is 1.80. The van der Waals surface area contributed by atoms with Crippen molar-refractivity contribution in [2.24, 2.45) is 5.92 Å². The first-order valence-electron chi connectivity index (χ1n) is 7.13. The van der Waals surface area contributed by atoms with Crippen LogP contribution in [0.3, 0.4) is 0 Å². The third-order valence-electron chi connectivity index (χ3n) is 3.70. The first-order valence-corrected chi connectivity index (χ1v) is 8.95. The Morgan fingerprint density at radius 1 is 1.29 bits per heavy atom. The lowest BCUT2D eigenvalue weighted by atomic mass is 10.0. The van der Waals surface area contributed by atoms with Gasteiger partial charge in [0, 0.05) is 31.9 Å². The minimum atomic E-state index is -2.95. The molecule has 5 nitrogen and oxygen atoms in total. The van der Waals surface area contributed by atoms with E-state index in [1.807, 2.05) is 43.3 Å². The smallest absolute Gasteiger partial charge is 0.224 e.